The molecular weight excluding hydrogens is 533 g/mol. The zero-order chi connectivity index (χ0) is 25.3. The van der Waals surface area contributed by atoms with Crippen molar-refractivity contribution < 1.29 is 28.8 Å². The van der Waals surface area contributed by atoms with Gasteiger partial charge in [0.1, 0.15) is 27.9 Å². The molecule has 3 heterocycles. The van der Waals surface area contributed by atoms with Crippen molar-refractivity contribution in [3.63, 3.8) is 0 Å². The van der Waals surface area contributed by atoms with Crippen molar-refractivity contribution >= 4 is 63.4 Å². The molecule has 1 aromatic heterocycles. The highest BCUT2D eigenvalue weighted by Gasteiger charge is 2.54. The number of phenolic OH excluding ortho intramolecular Hbond substituents is 1. The maximum absolute atomic E-state index is 12.8. The minimum Gasteiger partial charge on any atom is -0.508 e. The third kappa shape index (κ3) is 5.55. The number of hydrogen-bond donors (Lipinski definition) is 3. The van der Waals surface area contributed by atoms with Crippen LogP contribution in [0.2, 0.25) is 0 Å². The Morgan fingerprint density at radius 2 is 2.03 bits per heavy atom. The van der Waals surface area contributed by atoms with Gasteiger partial charge in [0.2, 0.25) is 5.91 Å². The molecule has 3 N–H and O–H groups in total. The lowest BCUT2D eigenvalue weighted by Gasteiger charge is -2.49. The van der Waals surface area contributed by atoms with E-state index >= 15 is 0 Å². The predicted molar refractivity (Wildman–Crippen MR) is 134 cm³/mol. The highest BCUT2D eigenvalue weighted by atomic mass is 32.2. The third-order valence-corrected chi connectivity index (χ3v) is 10.4. The lowest BCUT2D eigenvalue weighted by atomic mass is 10.0. The van der Waals surface area contributed by atoms with Crippen molar-refractivity contribution in [2.24, 2.45) is 0 Å². The number of rotatable bonds is 9. The van der Waals surface area contributed by atoms with E-state index in [9.17, 15) is 28.8 Å². The maximum atomic E-state index is 12.8. The van der Waals surface area contributed by atoms with E-state index < -0.39 is 45.2 Å². The molecule has 10 nitrogen and oxygen atoms in total. The van der Waals surface area contributed by atoms with Crippen molar-refractivity contribution in [3.8, 4) is 5.75 Å². The largest absolute Gasteiger partial charge is 0.508 e. The number of nitrogens with one attached hydrogen (secondary N) is 1. The molecule has 0 saturated carbocycles. The number of aliphatic carboxylic acids is 1. The number of fused-ring (bicyclic) bond motifs is 1. The number of carboxylic acids is 1. The fourth-order valence-electron chi connectivity index (χ4n) is 3.66. The Balaban J connectivity index is 1.37. The van der Waals surface area contributed by atoms with Gasteiger partial charge < -0.3 is 15.5 Å². The van der Waals surface area contributed by atoms with Gasteiger partial charge in [-0.1, -0.05) is 23.1 Å². The van der Waals surface area contributed by atoms with Gasteiger partial charge in [-0.05, 0) is 43.7 Å². The van der Waals surface area contributed by atoms with Gasteiger partial charge in [0, 0.05) is 28.1 Å². The van der Waals surface area contributed by atoms with Crippen molar-refractivity contribution in [2.45, 2.75) is 46.2 Å². The molecule has 3 unspecified atom stereocenters. The minimum atomic E-state index is -1.47. The number of aromatic hydroxyl groups is 1. The monoisotopic (exact) mass is 554 g/mol. The molecule has 2 aliphatic heterocycles. The minimum absolute atomic E-state index is 0.0419. The number of carboxylic acid groups (broad SMARTS) is 1. The zero-order valence-electron chi connectivity index (χ0n) is 18.7. The van der Waals surface area contributed by atoms with Gasteiger partial charge in [-0.15, -0.1) is 22.0 Å². The summed E-state index contributed by atoms with van der Waals surface area (Å²) in [4.78, 5) is 39.1. The van der Waals surface area contributed by atoms with Gasteiger partial charge in [-0.25, -0.2) is 4.79 Å². The number of thioether (sulfide) groups is 2. The summed E-state index contributed by atoms with van der Waals surface area (Å²) < 4.78 is 13.4. The first-order valence-corrected chi connectivity index (χ1v) is 14.5. The summed E-state index contributed by atoms with van der Waals surface area (Å²) in [5.74, 6) is -1.26. The van der Waals surface area contributed by atoms with Crippen LogP contribution in [0.15, 0.2) is 44.8 Å². The van der Waals surface area contributed by atoms with Crippen molar-refractivity contribution in [1.82, 2.24) is 20.4 Å². The Labute approximate surface area is 216 Å². The standard InChI is InChI=1S/C21H22N4O6S4/c1-10(35(31)14-5-3-13(26)4-6-14)7-15(27)22-16-18(28)25-17(20(29)30)12(8-32-19(16)25)9-33-21-24-23-11(2)34-21/h3-6,10,16,19,26H,7-9H2,1-2H3,(H,22,27)(H,29,30)/t10?,16?,19-,35?/m1/s1. The molecule has 4 rings (SSSR count). The quantitative estimate of drug-likeness (QED) is 0.310. The molecule has 1 saturated heterocycles. The summed E-state index contributed by atoms with van der Waals surface area (Å²) in [5.41, 5.74) is 0.576. The van der Waals surface area contributed by atoms with Crippen LogP contribution in [0.3, 0.4) is 0 Å². The number of carbonyl (C=O) groups excluding carboxylic acids is 2. The Bertz CT molecular complexity index is 1210. The van der Waals surface area contributed by atoms with Crippen LogP contribution in [0.25, 0.3) is 0 Å². The van der Waals surface area contributed by atoms with E-state index in [1.54, 1.807) is 6.92 Å². The number of aryl methyl sites for hydroxylation is 1. The van der Waals surface area contributed by atoms with Crippen LogP contribution >= 0.6 is 34.9 Å². The molecular formula is C21H22N4O6S4. The fourth-order valence-corrected chi connectivity index (χ4v) is 8.13. The third-order valence-electron chi connectivity index (χ3n) is 5.35. The second-order valence-electron chi connectivity index (χ2n) is 7.89. The van der Waals surface area contributed by atoms with E-state index in [4.69, 9.17) is 0 Å². The van der Waals surface area contributed by atoms with Crippen molar-refractivity contribution in [3.05, 3.63) is 40.5 Å². The van der Waals surface area contributed by atoms with E-state index in [0.717, 1.165) is 9.35 Å². The number of benzene rings is 1. The Morgan fingerprint density at radius 1 is 1.31 bits per heavy atom. The van der Waals surface area contributed by atoms with Crippen molar-refractivity contribution in [1.29, 1.82) is 0 Å². The number of amides is 2. The van der Waals surface area contributed by atoms with Gasteiger partial charge in [0.25, 0.3) is 5.91 Å². The van der Waals surface area contributed by atoms with Crippen LogP contribution in [0, 0.1) is 6.92 Å². The first-order valence-electron chi connectivity index (χ1n) is 10.5. The first kappa shape index (κ1) is 25.7. The highest BCUT2D eigenvalue weighted by Crippen LogP contribution is 2.41. The Morgan fingerprint density at radius 3 is 2.66 bits per heavy atom. The molecule has 2 aliphatic rings. The molecule has 35 heavy (non-hydrogen) atoms. The van der Waals surface area contributed by atoms with E-state index in [0.29, 0.717) is 22.0 Å². The van der Waals surface area contributed by atoms with E-state index in [1.165, 1.54) is 64.0 Å². The number of aromatic nitrogens is 2. The van der Waals surface area contributed by atoms with Gasteiger partial charge >= 0.3 is 5.97 Å². The van der Waals surface area contributed by atoms with Crippen molar-refractivity contribution in [2.75, 3.05) is 11.5 Å². The van der Waals surface area contributed by atoms with Crippen LogP contribution in [0.1, 0.15) is 18.4 Å². The second kappa shape index (κ2) is 10.7. The number of phenols is 1. The summed E-state index contributed by atoms with van der Waals surface area (Å²) >= 11 is 4.19. The van der Waals surface area contributed by atoms with Gasteiger partial charge in [0.15, 0.2) is 4.34 Å². The average molecular weight is 555 g/mol. The summed E-state index contributed by atoms with van der Waals surface area (Å²) in [6.45, 7) is 3.51. The molecule has 4 atom stereocenters. The molecule has 2 aromatic rings. The summed E-state index contributed by atoms with van der Waals surface area (Å²) in [6.07, 6.45) is -0.0700. The SMILES string of the molecule is Cc1nnc(SCC2=C(C(=O)O)N3C(=O)C(NC(=O)CC(C)S(=O)c4ccc(O)cc4)[C@H]3SC2)s1. The van der Waals surface area contributed by atoms with E-state index in [1.807, 2.05) is 6.92 Å². The van der Waals surface area contributed by atoms with Crippen LogP contribution in [0.5, 0.6) is 5.75 Å². The normalized spacial score (nSPS) is 21.2. The summed E-state index contributed by atoms with van der Waals surface area (Å²) in [6, 6.07) is 5.09. The number of hydrogen-bond acceptors (Lipinski definition) is 10. The zero-order valence-corrected chi connectivity index (χ0v) is 21.9. The molecule has 0 aliphatic carbocycles. The maximum Gasteiger partial charge on any atom is 0.352 e. The van der Waals surface area contributed by atoms with Crippen LogP contribution in [0.4, 0.5) is 0 Å². The number of carbonyl (C=O) groups is 3. The number of β-lactam (4-membered cyclic amide) rings is 1. The second-order valence-corrected chi connectivity index (χ2v) is 13.3. The van der Waals surface area contributed by atoms with E-state index in [-0.39, 0.29) is 17.9 Å². The summed E-state index contributed by atoms with van der Waals surface area (Å²) in [7, 11) is -1.47. The summed E-state index contributed by atoms with van der Waals surface area (Å²) in [5, 5.41) is 29.6. The van der Waals surface area contributed by atoms with Gasteiger partial charge in [0.05, 0.1) is 10.8 Å². The molecule has 1 aromatic carbocycles. The van der Waals surface area contributed by atoms with Crippen LogP contribution in [-0.4, -0.2) is 75.5 Å². The first-order chi connectivity index (χ1) is 16.7. The predicted octanol–water partition coefficient (Wildman–Crippen LogP) is 1.97. The fraction of sp³-hybridized carbons (Fsp3) is 0.381. The van der Waals surface area contributed by atoms with Crippen LogP contribution < -0.4 is 5.32 Å². The molecule has 2 amide bonds. The molecule has 14 heteroatoms. The topological polar surface area (TPSA) is 150 Å². The highest BCUT2D eigenvalue weighted by molar-refractivity contribution is 8.01. The van der Waals surface area contributed by atoms with E-state index in [2.05, 4.69) is 15.5 Å². The molecule has 0 radical (unpaired) electrons. The van der Waals surface area contributed by atoms with Crippen LogP contribution in [-0.2, 0) is 25.2 Å². The average Bonchev–Trinajstić information content (AvgIpc) is 3.25. The Hall–Kier alpha value is -2.42. The van der Waals surface area contributed by atoms with Gasteiger partial charge in [-0.3, -0.25) is 18.7 Å². The Kier molecular flexibility index (Phi) is 7.83. The smallest absolute Gasteiger partial charge is 0.352 e. The molecule has 0 bridgehead atoms. The lowest BCUT2D eigenvalue weighted by Crippen LogP contribution is -2.70. The molecule has 0 spiro atoms. The molecule has 186 valence electrons. The number of nitrogens with zero attached hydrogens (tertiary/aromatic N) is 3. The lowest BCUT2D eigenvalue weighted by molar-refractivity contribution is -0.150. The molecule has 1 fully saturated rings. The van der Waals surface area contributed by atoms with Gasteiger partial charge in [-0.2, -0.15) is 0 Å².